The molecule has 1 aromatic heterocycles. The van der Waals surface area contributed by atoms with Crippen LogP contribution in [-0.4, -0.2) is 65.1 Å². The highest BCUT2D eigenvalue weighted by Crippen LogP contribution is 2.22. The smallest absolute Gasteiger partial charge is 0.291 e. The molecule has 0 saturated carbocycles. The summed E-state index contributed by atoms with van der Waals surface area (Å²) in [5.74, 6) is 0.0845. The maximum Gasteiger partial charge on any atom is 0.291 e. The summed E-state index contributed by atoms with van der Waals surface area (Å²) < 4.78 is 5.13. The van der Waals surface area contributed by atoms with E-state index in [9.17, 15) is 9.90 Å². The lowest BCUT2D eigenvalue weighted by Gasteiger charge is -2.26. The van der Waals surface area contributed by atoms with E-state index in [4.69, 9.17) is 4.42 Å². The van der Waals surface area contributed by atoms with Crippen LogP contribution in [0.5, 0.6) is 0 Å². The Morgan fingerprint density at radius 2 is 2.39 bits per heavy atom. The van der Waals surface area contributed by atoms with Gasteiger partial charge in [-0.3, -0.25) is 4.79 Å². The van der Waals surface area contributed by atoms with Crippen LogP contribution in [0.4, 0.5) is 0 Å². The fourth-order valence-electron chi connectivity index (χ4n) is 2.37. The number of aryl methyl sites for hydroxylation is 1. The minimum absolute atomic E-state index is 0.0204. The first-order valence-electron chi connectivity index (χ1n) is 6.03. The Balaban J connectivity index is 2.15. The summed E-state index contributed by atoms with van der Waals surface area (Å²) in [4.78, 5) is 19.9. The Labute approximate surface area is 106 Å². The second kappa shape index (κ2) is 5.07. The molecule has 1 saturated heterocycles. The van der Waals surface area contributed by atoms with Gasteiger partial charge in [-0.2, -0.15) is 0 Å². The van der Waals surface area contributed by atoms with Gasteiger partial charge in [0.2, 0.25) is 5.76 Å². The van der Waals surface area contributed by atoms with Crippen LogP contribution in [0.3, 0.4) is 0 Å². The lowest BCUT2D eigenvalue weighted by Crippen LogP contribution is -2.41. The number of amides is 1. The van der Waals surface area contributed by atoms with Crippen molar-refractivity contribution < 1.29 is 14.3 Å². The standard InChI is InChI=1S/C12H19N3O3/c1-8-11(18-7-13-8)12(17)15-6-10(16)4-9(15)5-14(2)3/h7,9-10,16H,4-6H2,1-3H3. The zero-order chi connectivity index (χ0) is 13.3. The van der Waals surface area contributed by atoms with Crippen LogP contribution in [0.15, 0.2) is 10.8 Å². The first-order chi connectivity index (χ1) is 8.49. The van der Waals surface area contributed by atoms with Gasteiger partial charge in [0.25, 0.3) is 5.91 Å². The molecule has 2 heterocycles. The Morgan fingerprint density at radius 1 is 1.67 bits per heavy atom. The number of hydrogen-bond donors (Lipinski definition) is 1. The van der Waals surface area contributed by atoms with Crippen molar-refractivity contribution in [2.75, 3.05) is 27.2 Å². The summed E-state index contributed by atoms with van der Waals surface area (Å²) in [5, 5.41) is 9.74. The Hall–Kier alpha value is -1.40. The molecule has 100 valence electrons. The van der Waals surface area contributed by atoms with Crippen molar-refractivity contribution in [3.63, 3.8) is 0 Å². The van der Waals surface area contributed by atoms with E-state index in [1.807, 2.05) is 19.0 Å². The number of aromatic nitrogens is 1. The molecule has 0 spiro atoms. The quantitative estimate of drug-likeness (QED) is 0.828. The number of likely N-dealkylation sites (tertiary alicyclic amines) is 1. The van der Waals surface area contributed by atoms with E-state index in [0.29, 0.717) is 18.7 Å². The molecule has 6 heteroatoms. The van der Waals surface area contributed by atoms with Crippen LogP contribution in [0, 0.1) is 6.92 Å². The molecule has 0 radical (unpaired) electrons. The Bertz CT molecular complexity index is 430. The molecule has 2 unspecified atom stereocenters. The summed E-state index contributed by atoms with van der Waals surface area (Å²) in [5.41, 5.74) is 0.588. The van der Waals surface area contributed by atoms with Crippen LogP contribution in [0.2, 0.25) is 0 Å². The summed E-state index contributed by atoms with van der Waals surface area (Å²) in [6.07, 6.45) is 1.43. The molecular formula is C12H19N3O3. The number of hydrogen-bond acceptors (Lipinski definition) is 5. The molecule has 1 N–H and O–H groups in total. The first-order valence-corrected chi connectivity index (χ1v) is 6.03. The van der Waals surface area contributed by atoms with Gasteiger partial charge < -0.3 is 19.3 Å². The van der Waals surface area contributed by atoms with Crippen molar-refractivity contribution in [2.45, 2.75) is 25.5 Å². The van der Waals surface area contributed by atoms with Gasteiger partial charge >= 0.3 is 0 Å². The second-order valence-electron chi connectivity index (χ2n) is 5.03. The number of aliphatic hydroxyl groups excluding tert-OH is 1. The Kier molecular flexibility index (Phi) is 3.68. The van der Waals surface area contributed by atoms with E-state index in [2.05, 4.69) is 4.98 Å². The van der Waals surface area contributed by atoms with E-state index < -0.39 is 6.10 Å². The molecule has 0 aliphatic carbocycles. The summed E-state index contributed by atoms with van der Waals surface area (Å²) >= 11 is 0. The molecule has 18 heavy (non-hydrogen) atoms. The molecule has 1 amide bonds. The summed E-state index contributed by atoms with van der Waals surface area (Å²) in [6, 6.07) is 0.0204. The predicted octanol–water partition coefficient (Wildman–Crippen LogP) is 0.120. The number of carbonyl (C=O) groups excluding carboxylic acids is 1. The van der Waals surface area contributed by atoms with Crippen LogP contribution in [0.25, 0.3) is 0 Å². The summed E-state index contributed by atoms with van der Waals surface area (Å²) in [7, 11) is 3.90. The van der Waals surface area contributed by atoms with Crippen molar-refractivity contribution in [3.8, 4) is 0 Å². The van der Waals surface area contributed by atoms with Crippen molar-refractivity contribution in [1.29, 1.82) is 0 Å². The topological polar surface area (TPSA) is 69.8 Å². The molecule has 1 fully saturated rings. The molecule has 6 nitrogen and oxygen atoms in total. The minimum atomic E-state index is -0.456. The molecule has 0 bridgehead atoms. The van der Waals surface area contributed by atoms with Gasteiger partial charge in [0, 0.05) is 19.1 Å². The average Bonchev–Trinajstić information content (AvgIpc) is 2.83. The zero-order valence-corrected chi connectivity index (χ0v) is 11.0. The van der Waals surface area contributed by atoms with Crippen molar-refractivity contribution >= 4 is 5.91 Å². The number of rotatable bonds is 3. The van der Waals surface area contributed by atoms with Gasteiger partial charge in [-0.25, -0.2) is 4.98 Å². The number of nitrogens with zero attached hydrogens (tertiary/aromatic N) is 3. The zero-order valence-electron chi connectivity index (χ0n) is 11.0. The number of likely N-dealkylation sites (N-methyl/N-ethyl adjacent to an activating group) is 1. The van der Waals surface area contributed by atoms with E-state index in [0.717, 1.165) is 6.54 Å². The fourth-order valence-corrected chi connectivity index (χ4v) is 2.37. The minimum Gasteiger partial charge on any atom is -0.438 e. The lowest BCUT2D eigenvalue weighted by molar-refractivity contribution is 0.0666. The third kappa shape index (κ3) is 2.54. The van der Waals surface area contributed by atoms with Crippen LogP contribution >= 0.6 is 0 Å². The third-order valence-electron chi connectivity index (χ3n) is 3.17. The molecule has 1 aromatic rings. The van der Waals surface area contributed by atoms with Gasteiger partial charge in [0.15, 0.2) is 6.39 Å². The van der Waals surface area contributed by atoms with Crippen LogP contribution in [0.1, 0.15) is 22.7 Å². The van der Waals surface area contributed by atoms with Gasteiger partial charge in [0.1, 0.15) is 0 Å². The van der Waals surface area contributed by atoms with Crippen molar-refractivity contribution in [3.05, 3.63) is 17.8 Å². The van der Waals surface area contributed by atoms with E-state index in [1.165, 1.54) is 6.39 Å². The van der Waals surface area contributed by atoms with Gasteiger partial charge in [-0.1, -0.05) is 0 Å². The summed E-state index contributed by atoms with van der Waals surface area (Å²) in [6.45, 7) is 2.83. The highest BCUT2D eigenvalue weighted by molar-refractivity contribution is 5.92. The molecule has 1 aliphatic heterocycles. The first kappa shape index (κ1) is 13.0. The van der Waals surface area contributed by atoms with Crippen molar-refractivity contribution in [2.24, 2.45) is 0 Å². The highest BCUT2D eigenvalue weighted by atomic mass is 16.4. The number of oxazole rings is 1. The van der Waals surface area contributed by atoms with E-state index in [-0.39, 0.29) is 17.7 Å². The maximum atomic E-state index is 12.3. The van der Waals surface area contributed by atoms with Crippen LogP contribution < -0.4 is 0 Å². The van der Waals surface area contributed by atoms with Gasteiger partial charge in [0.05, 0.1) is 11.8 Å². The van der Waals surface area contributed by atoms with Gasteiger partial charge in [-0.05, 0) is 27.4 Å². The predicted molar refractivity (Wildman–Crippen MR) is 65.2 cm³/mol. The average molecular weight is 253 g/mol. The van der Waals surface area contributed by atoms with Gasteiger partial charge in [-0.15, -0.1) is 0 Å². The maximum absolute atomic E-state index is 12.3. The molecular weight excluding hydrogens is 234 g/mol. The fraction of sp³-hybridized carbons (Fsp3) is 0.667. The van der Waals surface area contributed by atoms with E-state index >= 15 is 0 Å². The van der Waals surface area contributed by atoms with Crippen molar-refractivity contribution in [1.82, 2.24) is 14.8 Å². The lowest BCUT2D eigenvalue weighted by atomic mass is 10.2. The number of aliphatic hydroxyl groups is 1. The van der Waals surface area contributed by atoms with E-state index in [1.54, 1.807) is 11.8 Å². The molecule has 2 atom stereocenters. The largest absolute Gasteiger partial charge is 0.438 e. The van der Waals surface area contributed by atoms with Crippen LogP contribution in [-0.2, 0) is 0 Å². The number of carbonyl (C=O) groups is 1. The highest BCUT2D eigenvalue weighted by Gasteiger charge is 2.36. The Morgan fingerprint density at radius 3 is 2.94 bits per heavy atom. The second-order valence-corrected chi connectivity index (χ2v) is 5.03. The SMILES string of the molecule is Cc1ncoc1C(=O)N1CC(O)CC1CN(C)C. The third-order valence-corrected chi connectivity index (χ3v) is 3.17. The number of β-amino-alcohol motifs (C(OH)–C–C–N with tert-alkyl or cyclic N) is 1. The molecule has 2 rings (SSSR count). The molecule has 1 aliphatic rings. The molecule has 0 aromatic carbocycles. The normalized spacial score (nSPS) is 23.9. The monoisotopic (exact) mass is 253 g/mol.